The van der Waals surface area contributed by atoms with Gasteiger partial charge in [0.25, 0.3) is 0 Å². The zero-order valence-electron chi connectivity index (χ0n) is 17.3. The molecular formula is C22H25ClN4O2S. The van der Waals surface area contributed by atoms with Gasteiger partial charge in [-0.05, 0) is 46.8 Å². The van der Waals surface area contributed by atoms with Gasteiger partial charge in [-0.3, -0.25) is 0 Å². The average molecular weight is 445 g/mol. The summed E-state index contributed by atoms with van der Waals surface area (Å²) >= 11 is 6.11. The van der Waals surface area contributed by atoms with Crippen LogP contribution in [0.5, 0.6) is 0 Å². The Hall–Kier alpha value is -2.22. The Morgan fingerprint density at radius 1 is 0.900 bits per heavy atom. The minimum absolute atomic E-state index is 0.0183. The van der Waals surface area contributed by atoms with Gasteiger partial charge < -0.3 is 4.90 Å². The molecule has 0 saturated carbocycles. The van der Waals surface area contributed by atoms with Crippen LogP contribution in [0.25, 0.3) is 10.9 Å². The lowest BCUT2D eigenvalue weighted by molar-refractivity contribution is 0.384. The number of sulfonamides is 1. The number of aromatic nitrogens is 2. The van der Waals surface area contributed by atoms with Gasteiger partial charge in [-0.1, -0.05) is 45.0 Å². The van der Waals surface area contributed by atoms with Crippen LogP contribution in [0.15, 0.2) is 53.4 Å². The number of nitrogens with zero attached hydrogens (tertiary/aromatic N) is 4. The van der Waals surface area contributed by atoms with Crippen molar-refractivity contribution in [2.45, 2.75) is 31.1 Å². The first kappa shape index (κ1) is 21.0. The fourth-order valence-electron chi connectivity index (χ4n) is 3.69. The molecule has 1 aliphatic heterocycles. The smallest absolute Gasteiger partial charge is 0.243 e. The van der Waals surface area contributed by atoms with Crippen LogP contribution in [-0.2, 0) is 15.4 Å². The third kappa shape index (κ3) is 4.02. The highest BCUT2D eigenvalue weighted by molar-refractivity contribution is 7.89. The van der Waals surface area contributed by atoms with Crippen molar-refractivity contribution in [2.24, 2.45) is 0 Å². The predicted molar refractivity (Wildman–Crippen MR) is 121 cm³/mol. The second-order valence-electron chi connectivity index (χ2n) is 8.50. The van der Waals surface area contributed by atoms with Crippen molar-refractivity contribution in [2.75, 3.05) is 31.1 Å². The molecule has 0 amide bonds. The molecule has 0 unspecified atom stereocenters. The third-order valence-electron chi connectivity index (χ3n) is 5.45. The number of piperazine rings is 1. The van der Waals surface area contributed by atoms with Crippen molar-refractivity contribution < 1.29 is 8.42 Å². The van der Waals surface area contributed by atoms with E-state index in [2.05, 4.69) is 35.6 Å². The van der Waals surface area contributed by atoms with Crippen LogP contribution in [0.4, 0.5) is 5.82 Å². The molecule has 1 aliphatic rings. The monoisotopic (exact) mass is 444 g/mol. The minimum atomic E-state index is -3.53. The molecule has 0 aliphatic carbocycles. The van der Waals surface area contributed by atoms with Gasteiger partial charge in [0.2, 0.25) is 15.3 Å². The summed E-state index contributed by atoms with van der Waals surface area (Å²) in [6, 6.07) is 14.9. The normalized spacial score (nSPS) is 16.2. The molecule has 1 fully saturated rings. The van der Waals surface area contributed by atoms with Gasteiger partial charge in [-0.25, -0.2) is 13.4 Å². The molecule has 0 spiro atoms. The molecule has 0 bridgehead atoms. The van der Waals surface area contributed by atoms with Gasteiger partial charge >= 0.3 is 0 Å². The first-order valence-corrected chi connectivity index (χ1v) is 11.8. The maximum atomic E-state index is 13.1. The maximum Gasteiger partial charge on any atom is 0.243 e. The fourth-order valence-corrected chi connectivity index (χ4v) is 5.28. The first-order chi connectivity index (χ1) is 14.2. The number of para-hydroxylation sites is 1. The largest absolute Gasteiger partial charge is 0.353 e. The number of rotatable bonds is 3. The Balaban J connectivity index is 1.53. The van der Waals surface area contributed by atoms with Crippen molar-refractivity contribution in [1.82, 2.24) is 14.3 Å². The van der Waals surface area contributed by atoms with Gasteiger partial charge in [0.05, 0.1) is 10.4 Å². The van der Waals surface area contributed by atoms with Crippen molar-refractivity contribution in [3.05, 3.63) is 59.4 Å². The molecule has 8 heteroatoms. The van der Waals surface area contributed by atoms with Crippen LogP contribution in [-0.4, -0.2) is 48.9 Å². The van der Waals surface area contributed by atoms with Crippen LogP contribution >= 0.6 is 11.6 Å². The number of fused-ring (bicyclic) bond motifs is 1. The van der Waals surface area contributed by atoms with Crippen molar-refractivity contribution in [1.29, 1.82) is 0 Å². The lowest BCUT2D eigenvalue weighted by Crippen LogP contribution is -2.49. The summed E-state index contributed by atoms with van der Waals surface area (Å²) in [6.45, 7) is 8.18. The zero-order valence-corrected chi connectivity index (χ0v) is 18.9. The van der Waals surface area contributed by atoms with E-state index in [4.69, 9.17) is 11.6 Å². The highest BCUT2D eigenvalue weighted by Gasteiger charge is 2.30. The molecule has 0 radical (unpaired) electrons. The summed E-state index contributed by atoms with van der Waals surface area (Å²) in [5, 5.41) is 1.11. The number of hydrogen-bond donors (Lipinski definition) is 0. The Kier molecular flexibility index (Phi) is 5.46. The van der Waals surface area contributed by atoms with E-state index < -0.39 is 10.0 Å². The van der Waals surface area contributed by atoms with Gasteiger partial charge in [0.1, 0.15) is 5.82 Å². The molecule has 6 nitrogen and oxygen atoms in total. The molecular weight excluding hydrogens is 420 g/mol. The Labute approximate surface area is 182 Å². The summed E-state index contributed by atoms with van der Waals surface area (Å²) in [7, 11) is -3.53. The molecule has 2 heterocycles. The first-order valence-electron chi connectivity index (χ1n) is 9.94. The van der Waals surface area contributed by atoms with Gasteiger partial charge in [0, 0.05) is 31.6 Å². The molecule has 1 saturated heterocycles. The van der Waals surface area contributed by atoms with E-state index in [0.717, 1.165) is 22.3 Å². The zero-order chi connectivity index (χ0) is 21.5. The molecule has 30 heavy (non-hydrogen) atoms. The molecule has 2 aromatic carbocycles. The maximum absolute atomic E-state index is 13.1. The third-order valence-corrected chi connectivity index (χ3v) is 7.53. The second kappa shape index (κ2) is 7.80. The van der Waals surface area contributed by atoms with E-state index in [1.807, 2.05) is 36.4 Å². The highest BCUT2D eigenvalue weighted by atomic mass is 35.5. The summed E-state index contributed by atoms with van der Waals surface area (Å²) in [5.41, 5.74) is 1.87. The topological polar surface area (TPSA) is 66.4 Å². The molecule has 4 rings (SSSR count). The number of halogens is 1. The Morgan fingerprint density at radius 2 is 1.53 bits per heavy atom. The lowest BCUT2D eigenvalue weighted by Gasteiger charge is -2.35. The van der Waals surface area contributed by atoms with Crippen LogP contribution < -0.4 is 4.90 Å². The summed E-state index contributed by atoms with van der Waals surface area (Å²) in [6.07, 6.45) is 0. The molecule has 158 valence electrons. The quantitative estimate of drug-likeness (QED) is 0.569. The fraction of sp³-hybridized carbons (Fsp3) is 0.364. The van der Waals surface area contributed by atoms with Crippen molar-refractivity contribution in [3.8, 4) is 0 Å². The van der Waals surface area contributed by atoms with Gasteiger partial charge in [0.15, 0.2) is 0 Å². The van der Waals surface area contributed by atoms with E-state index in [1.54, 1.807) is 16.4 Å². The van der Waals surface area contributed by atoms with E-state index in [9.17, 15) is 8.42 Å². The predicted octanol–water partition coefficient (Wildman–Crippen LogP) is 4.09. The van der Waals surface area contributed by atoms with Crippen LogP contribution in [0.2, 0.25) is 5.28 Å². The van der Waals surface area contributed by atoms with E-state index in [0.29, 0.717) is 31.1 Å². The minimum Gasteiger partial charge on any atom is -0.353 e. The Morgan fingerprint density at radius 3 is 2.17 bits per heavy atom. The van der Waals surface area contributed by atoms with Crippen molar-refractivity contribution >= 4 is 38.3 Å². The van der Waals surface area contributed by atoms with Gasteiger partial charge in [-0.15, -0.1) is 0 Å². The molecule has 0 N–H and O–H groups in total. The van der Waals surface area contributed by atoms with E-state index in [1.165, 1.54) is 0 Å². The highest BCUT2D eigenvalue weighted by Crippen LogP contribution is 2.28. The average Bonchev–Trinajstić information content (AvgIpc) is 2.72. The number of anilines is 1. The molecule has 1 aromatic heterocycles. The number of benzene rings is 2. The van der Waals surface area contributed by atoms with Crippen LogP contribution in [0, 0.1) is 0 Å². The summed E-state index contributed by atoms with van der Waals surface area (Å²) < 4.78 is 27.8. The van der Waals surface area contributed by atoms with Crippen molar-refractivity contribution in [3.63, 3.8) is 0 Å². The van der Waals surface area contributed by atoms with E-state index in [-0.39, 0.29) is 10.7 Å². The molecule has 0 atom stereocenters. The summed E-state index contributed by atoms with van der Waals surface area (Å²) in [4.78, 5) is 11.1. The second-order valence-corrected chi connectivity index (χ2v) is 10.8. The van der Waals surface area contributed by atoms with Gasteiger partial charge in [-0.2, -0.15) is 9.29 Å². The molecule has 3 aromatic rings. The SMILES string of the molecule is CC(C)(C)c1ccc(S(=O)(=O)N2CCN(c3nc(Cl)nc4ccccc34)CC2)cc1. The standard InChI is InChI=1S/C22H25ClN4O2S/c1-22(2,3)16-8-10-17(11-9-16)30(28,29)27-14-12-26(13-15-27)20-18-6-4-5-7-19(18)24-21(23)25-20/h4-11H,12-15H2,1-3H3. The lowest BCUT2D eigenvalue weighted by atomic mass is 9.87. The van der Waals surface area contributed by atoms with E-state index >= 15 is 0 Å². The Bertz CT molecular complexity index is 1170. The number of hydrogen-bond acceptors (Lipinski definition) is 5. The van der Waals surface area contributed by atoms with Crippen LogP contribution in [0.3, 0.4) is 0 Å². The van der Waals surface area contributed by atoms with Crippen LogP contribution in [0.1, 0.15) is 26.3 Å². The summed E-state index contributed by atoms with van der Waals surface area (Å²) in [5.74, 6) is 0.747.